The van der Waals surface area contributed by atoms with Gasteiger partial charge in [0.2, 0.25) is 0 Å². The van der Waals surface area contributed by atoms with Gasteiger partial charge in [-0.05, 0) is 87.2 Å². The van der Waals surface area contributed by atoms with Crippen LogP contribution in [0.2, 0.25) is 0 Å². The molecule has 0 fully saturated rings. The number of benzene rings is 3. The second kappa shape index (κ2) is 7.21. The first-order valence-corrected chi connectivity index (χ1v) is 9.78. The van der Waals surface area contributed by atoms with Crippen molar-refractivity contribution in [3.05, 3.63) is 81.9 Å². The molecule has 0 unspecified atom stereocenters. The predicted molar refractivity (Wildman–Crippen MR) is 120 cm³/mol. The fourth-order valence-electron chi connectivity index (χ4n) is 3.85. The number of nitrogens with zero attached hydrogens (tertiary/aromatic N) is 1. The molecule has 0 spiro atoms. The second-order valence-corrected chi connectivity index (χ2v) is 7.84. The third kappa shape index (κ3) is 3.66. The highest BCUT2D eigenvalue weighted by molar-refractivity contribution is 6.06. The van der Waals surface area contributed by atoms with Crippen LogP contribution < -0.4 is 5.32 Å². The van der Waals surface area contributed by atoms with Gasteiger partial charge in [0, 0.05) is 16.8 Å². The maximum atomic E-state index is 12.7. The number of hydrogen-bond donors (Lipinski definition) is 2. The van der Waals surface area contributed by atoms with E-state index in [-0.39, 0.29) is 5.91 Å². The number of aryl methyl sites for hydroxylation is 5. The third-order valence-corrected chi connectivity index (χ3v) is 5.42. The number of rotatable bonds is 3. The van der Waals surface area contributed by atoms with Gasteiger partial charge in [-0.15, -0.1) is 0 Å². The van der Waals surface area contributed by atoms with Crippen LogP contribution in [-0.4, -0.2) is 15.9 Å². The highest BCUT2D eigenvalue weighted by Crippen LogP contribution is 2.28. The van der Waals surface area contributed by atoms with Crippen LogP contribution >= 0.6 is 0 Å². The van der Waals surface area contributed by atoms with E-state index in [1.165, 1.54) is 22.3 Å². The highest BCUT2D eigenvalue weighted by atomic mass is 16.1. The molecule has 4 heteroatoms. The summed E-state index contributed by atoms with van der Waals surface area (Å²) >= 11 is 0. The number of carbonyl (C=O) groups is 1. The zero-order valence-corrected chi connectivity index (χ0v) is 17.5. The number of nitrogens with one attached hydrogen (secondary N) is 2. The van der Waals surface area contributed by atoms with Gasteiger partial charge in [0.25, 0.3) is 5.91 Å². The van der Waals surface area contributed by atoms with Crippen molar-refractivity contribution >= 4 is 22.6 Å². The standard InChI is InChI=1S/C25H25N3O/c1-14-10-17(4)23(18(5)11-14)24-27-21-9-7-19(13-22(21)28-24)25(29)26-20-8-6-15(2)16(3)12-20/h6-13H,1-5H3,(H,26,29)(H,27,28). The molecule has 4 rings (SSSR count). The third-order valence-electron chi connectivity index (χ3n) is 5.42. The van der Waals surface area contributed by atoms with Crippen molar-refractivity contribution in [1.82, 2.24) is 9.97 Å². The zero-order chi connectivity index (χ0) is 20.7. The number of fused-ring (bicyclic) bond motifs is 1. The lowest BCUT2D eigenvalue weighted by molar-refractivity contribution is 0.102. The van der Waals surface area contributed by atoms with Crippen LogP contribution in [0.4, 0.5) is 5.69 Å². The maximum absolute atomic E-state index is 12.7. The molecule has 0 aliphatic carbocycles. The molecule has 0 aliphatic heterocycles. The van der Waals surface area contributed by atoms with Gasteiger partial charge in [-0.1, -0.05) is 23.8 Å². The van der Waals surface area contributed by atoms with E-state index in [2.05, 4.69) is 50.1 Å². The Morgan fingerprint density at radius 3 is 2.24 bits per heavy atom. The maximum Gasteiger partial charge on any atom is 0.255 e. The van der Waals surface area contributed by atoms with Crippen LogP contribution in [0.5, 0.6) is 0 Å². The quantitative estimate of drug-likeness (QED) is 0.454. The van der Waals surface area contributed by atoms with Gasteiger partial charge in [0.15, 0.2) is 0 Å². The van der Waals surface area contributed by atoms with Gasteiger partial charge >= 0.3 is 0 Å². The summed E-state index contributed by atoms with van der Waals surface area (Å²) in [5.74, 6) is 0.704. The molecule has 1 amide bonds. The van der Waals surface area contributed by atoms with Gasteiger partial charge in [-0.2, -0.15) is 0 Å². The topological polar surface area (TPSA) is 57.8 Å². The van der Waals surface area contributed by atoms with E-state index < -0.39 is 0 Å². The van der Waals surface area contributed by atoms with Gasteiger partial charge in [0.05, 0.1) is 11.0 Å². The summed E-state index contributed by atoms with van der Waals surface area (Å²) in [5, 5.41) is 2.98. The first-order valence-electron chi connectivity index (χ1n) is 9.78. The number of aromatic amines is 1. The average molecular weight is 383 g/mol. The number of amides is 1. The summed E-state index contributed by atoms with van der Waals surface area (Å²) in [6, 6.07) is 15.8. The average Bonchev–Trinajstić information content (AvgIpc) is 3.06. The monoisotopic (exact) mass is 383 g/mol. The number of aromatic nitrogens is 2. The fraction of sp³-hybridized carbons (Fsp3) is 0.200. The Kier molecular flexibility index (Phi) is 4.71. The van der Waals surface area contributed by atoms with Crippen molar-refractivity contribution < 1.29 is 4.79 Å². The van der Waals surface area contributed by atoms with Crippen LogP contribution in [0.3, 0.4) is 0 Å². The number of carbonyl (C=O) groups excluding carboxylic acids is 1. The van der Waals surface area contributed by atoms with Crippen LogP contribution in [0.15, 0.2) is 48.5 Å². The minimum Gasteiger partial charge on any atom is -0.338 e. The molecule has 0 atom stereocenters. The largest absolute Gasteiger partial charge is 0.338 e. The molecule has 1 aromatic heterocycles. The molecule has 146 valence electrons. The molecule has 2 N–H and O–H groups in total. The Hall–Kier alpha value is -3.40. The summed E-state index contributed by atoms with van der Waals surface area (Å²) in [5.41, 5.74) is 10.2. The van der Waals surface area contributed by atoms with Crippen LogP contribution in [0.1, 0.15) is 38.2 Å². The van der Waals surface area contributed by atoms with Crippen molar-refractivity contribution in [3.8, 4) is 11.4 Å². The minimum absolute atomic E-state index is 0.131. The van der Waals surface area contributed by atoms with Gasteiger partial charge < -0.3 is 10.3 Å². The summed E-state index contributed by atoms with van der Waals surface area (Å²) in [6.07, 6.45) is 0. The predicted octanol–water partition coefficient (Wildman–Crippen LogP) is 6.02. The molecule has 1 heterocycles. The minimum atomic E-state index is -0.131. The first kappa shape index (κ1) is 18.9. The van der Waals surface area contributed by atoms with Crippen molar-refractivity contribution in [2.45, 2.75) is 34.6 Å². The van der Waals surface area contributed by atoms with Crippen molar-refractivity contribution in [2.75, 3.05) is 5.32 Å². The van der Waals surface area contributed by atoms with Crippen molar-refractivity contribution in [1.29, 1.82) is 0 Å². The van der Waals surface area contributed by atoms with E-state index in [4.69, 9.17) is 4.98 Å². The Morgan fingerprint density at radius 2 is 1.55 bits per heavy atom. The number of H-pyrrole nitrogens is 1. The van der Waals surface area contributed by atoms with Crippen LogP contribution in [0.25, 0.3) is 22.4 Å². The summed E-state index contributed by atoms with van der Waals surface area (Å²) < 4.78 is 0. The Bertz CT molecular complexity index is 1230. The molecule has 4 aromatic rings. The molecular weight excluding hydrogens is 358 g/mol. The first-order chi connectivity index (χ1) is 13.8. The molecule has 0 bridgehead atoms. The summed E-state index contributed by atoms with van der Waals surface area (Å²) in [4.78, 5) is 20.9. The molecule has 0 saturated heterocycles. The van der Waals surface area contributed by atoms with Gasteiger partial charge in [-0.25, -0.2) is 4.98 Å². The Labute approximate surface area is 171 Å². The lowest BCUT2D eigenvalue weighted by atomic mass is 9.99. The summed E-state index contributed by atoms with van der Waals surface area (Å²) in [7, 11) is 0. The lowest BCUT2D eigenvalue weighted by Crippen LogP contribution is -2.11. The molecule has 3 aromatic carbocycles. The summed E-state index contributed by atoms with van der Waals surface area (Å²) in [6.45, 7) is 10.4. The highest BCUT2D eigenvalue weighted by Gasteiger charge is 2.13. The van der Waals surface area contributed by atoms with Crippen LogP contribution in [0, 0.1) is 34.6 Å². The van der Waals surface area contributed by atoms with E-state index in [1.807, 2.05) is 43.3 Å². The van der Waals surface area contributed by atoms with Crippen LogP contribution in [-0.2, 0) is 0 Å². The Morgan fingerprint density at radius 1 is 0.828 bits per heavy atom. The number of hydrogen-bond acceptors (Lipinski definition) is 2. The second-order valence-electron chi connectivity index (χ2n) is 7.84. The molecule has 0 aliphatic rings. The molecule has 29 heavy (non-hydrogen) atoms. The molecule has 0 radical (unpaired) electrons. The van der Waals surface area contributed by atoms with Crippen molar-refractivity contribution in [3.63, 3.8) is 0 Å². The fourth-order valence-corrected chi connectivity index (χ4v) is 3.85. The molecule has 0 saturated carbocycles. The van der Waals surface area contributed by atoms with Gasteiger partial charge in [0.1, 0.15) is 5.82 Å². The Balaban J connectivity index is 1.66. The van der Waals surface area contributed by atoms with E-state index >= 15 is 0 Å². The SMILES string of the molecule is Cc1cc(C)c(-c2nc3ccc(C(=O)Nc4ccc(C)c(C)c4)cc3[nH]2)c(C)c1. The molecule has 4 nitrogen and oxygen atoms in total. The number of anilines is 1. The van der Waals surface area contributed by atoms with E-state index in [1.54, 1.807) is 0 Å². The molecular formula is C25H25N3O. The zero-order valence-electron chi connectivity index (χ0n) is 17.5. The van der Waals surface area contributed by atoms with Crippen molar-refractivity contribution in [2.24, 2.45) is 0 Å². The van der Waals surface area contributed by atoms with E-state index in [0.717, 1.165) is 33.7 Å². The van der Waals surface area contributed by atoms with E-state index in [0.29, 0.717) is 5.56 Å². The van der Waals surface area contributed by atoms with Gasteiger partial charge in [-0.3, -0.25) is 4.79 Å². The smallest absolute Gasteiger partial charge is 0.255 e. The number of imidazole rings is 1. The van der Waals surface area contributed by atoms with E-state index in [9.17, 15) is 4.79 Å². The normalized spacial score (nSPS) is 11.1. The lowest BCUT2D eigenvalue weighted by Gasteiger charge is -2.08.